The maximum atomic E-state index is 4.36. The van der Waals surface area contributed by atoms with Crippen molar-refractivity contribution in [2.45, 2.75) is 19.3 Å². The Balaban J connectivity index is 1.57. The third kappa shape index (κ3) is 2.98. The molecule has 2 aromatic rings. The molecule has 0 atom stereocenters. The van der Waals surface area contributed by atoms with E-state index in [1.807, 2.05) is 11.6 Å². The monoisotopic (exact) mass is 336 g/mol. The summed E-state index contributed by atoms with van der Waals surface area (Å²) in [7, 11) is 2.00. The predicted molar refractivity (Wildman–Crippen MR) is 79.4 cm³/mol. The van der Waals surface area contributed by atoms with Crippen molar-refractivity contribution in [2.24, 2.45) is 13.0 Å². The van der Waals surface area contributed by atoms with E-state index in [0.717, 1.165) is 48.6 Å². The highest BCUT2D eigenvalue weighted by atomic mass is 79.9. The zero-order valence-electron chi connectivity index (χ0n) is 11.4. The molecule has 0 amide bonds. The Morgan fingerprint density at radius 2 is 1.95 bits per heavy atom. The summed E-state index contributed by atoms with van der Waals surface area (Å²) in [4.78, 5) is 11.0. The Bertz CT molecular complexity index is 558. The van der Waals surface area contributed by atoms with Crippen LogP contribution in [0.15, 0.2) is 23.2 Å². The second-order valence-corrected chi connectivity index (χ2v) is 6.11. The number of halogens is 1. The number of anilines is 1. The maximum Gasteiger partial charge on any atom is 0.225 e. The first-order chi connectivity index (χ1) is 9.72. The van der Waals surface area contributed by atoms with E-state index in [1.165, 1.54) is 0 Å². The van der Waals surface area contributed by atoms with Crippen LogP contribution in [0.2, 0.25) is 0 Å². The standard InChI is InChI=1S/C13H17BrN6/c1-19-9-17-18-12(19)6-10-2-4-20(5-3-10)13-15-7-11(14)8-16-13/h7-10H,2-6H2,1H3. The van der Waals surface area contributed by atoms with Gasteiger partial charge in [0.2, 0.25) is 5.95 Å². The summed E-state index contributed by atoms with van der Waals surface area (Å²) in [6.45, 7) is 2.01. The van der Waals surface area contributed by atoms with Gasteiger partial charge < -0.3 is 9.47 Å². The molecule has 6 nitrogen and oxygen atoms in total. The Morgan fingerprint density at radius 1 is 1.25 bits per heavy atom. The molecule has 20 heavy (non-hydrogen) atoms. The zero-order valence-corrected chi connectivity index (χ0v) is 13.0. The van der Waals surface area contributed by atoms with Crippen LogP contribution in [0, 0.1) is 5.92 Å². The first-order valence-corrected chi connectivity index (χ1v) is 7.57. The molecule has 0 radical (unpaired) electrons. The van der Waals surface area contributed by atoms with Crippen molar-refractivity contribution in [1.29, 1.82) is 0 Å². The summed E-state index contributed by atoms with van der Waals surface area (Å²) >= 11 is 3.36. The fraction of sp³-hybridized carbons (Fsp3) is 0.538. The lowest BCUT2D eigenvalue weighted by molar-refractivity contribution is 0.390. The van der Waals surface area contributed by atoms with Gasteiger partial charge in [0.15, 0.2) is 0 Å². The summed E-state index contributed by atoms with van der Waals surface area (Å²) in [6.07, 6.45) is 8.66. The fourth-order valence-electron chi connectivity index (χ4n) is 2.56. The summed E-state index contributed by atoms with van der Waals surface area (Å²) in [5.74, 6) is 2.57. The third-order valence-corrected chi connectivity index (χ3v) is 4.19. The number of nitrogens with zero attached hydrogens (tertiary/aromatic N) is 6. The molecule has 1 aliphatic heterocycles. The average molecular weight is 337 g/mol. The maximum absolute atomic E-state index is 4.36. The predicted octanol–water partition coefficient (Wildman–Crippen LogP) is 1.83. The van der Waals surface area contributed by atoms with Gasteiger partial charge in [-0.2, -0.15) is 0 Å². The molecule has 3 rings (SSSR count). The second-order valence-electron chi connectivity index (χ2n) is 5.19. The van der Waals surface area contributed by atoms with Gasteiger partial charge in [-0.1, -0.05) is 0 Å². The van der Waals surface area contributed by atoms with E-state index >= 15 is 0 Å². The molecule has 1 fully saturated rings. The number of hydrogen-bond donors (Lipinski definition) is 0. The minimum atomic E-state index is 0.671. The van der Waals surface area contributed by atoms with Crippen LogP contribution in [0.3, 0.4) is 0 Å². The number of aryl methyl sites for hydroxylation is 1. The average Bonchev–Trinajstić information content (AvgIpc) is 2.86. The van der Waals surface area contributed by atoms with E-state index in [2.05, 4.69) is 41.0 Å². The van der Waals surface area contributed by atoms with Crippen LogP contribution >= 0.6 is 15.9 Å². The van der Waals surface area contributed by atoms with Crippen molar-refractivity contribution in [3.63, 3.8) is 0 Å². The molecular weight excluding hydrogens is 320 g/mol. The van der Waals surface area contributed by atoms with Crippen LogP contribution in [0.1, 0.15) is 18.7 Å². The number of piperidine rings is 1. The lowest BCUT2D eigenvalue weighted by Gasteiger charge is -2.31. The lowest BCUT2D eigenvalue weighted by Crippen LogP contribution is -2.35. The Kier molecular flexibility index (Phi) is 3.95. The van der Waals surface area contributed by atoms with Gasteiger partial charge in [0.1, 0.15) is 12.2 Å². The largest absolute Gasteiger partial charge is 0.341 e. The van der Waals surface area contributed by atoms with Crippen LogP contribution in [0.25, 0.3) is 0 Å². The molecule has 0 saturated carbocycles. The highest BCUT2D eigenvalue weighted by Crippen LogP contribution is 2.23. The molecule has 0 bridgehead atoms. The van der Waals surface area contributed by atoms with Gasteiger partial charge >= 0.3 is 0 Å². The summed E-state index contributed by atoms with van der Waals surface area (Å²) in [5, 5.41) is 8.10. The van der Waals surface area contributed by atoms with E-state index in [4.69, 9.17) is 0 Å². The van der Waals surface area contributed by atoms with Crippen LogP contribution in [-0.4, -0.2) is 37.8 Å². The van der Waals surface area contributed by atoms with E-state index < -0.39 is 0 Å². The Labute approximate surface area is 126 Å². The molecular formula is C13H17BrN6. The third-order valence-electron chi connectivity index (χ3n) is 3.78. The van der Waals surface area contributed by atoms with Crippen molar-refractivity contribution < 1.29 is 0 Å². The molecule has 1 saturated heterocycles. The fourth-order valence-corrected chi connectivity index (χ4v) is 2.76. The smallest absolute Gasteiger partial charge is 0.225 e. The number of hydrogen-bond acceptors (Lipinski definition) is 5. The van der Waals surface area contributed by atoms with Gasteiger partial charge in [-0.25, -0.2) is 9.97 Å². The van der Waals surface area contributed by atoms with Crippen molar-refractivity contribution in [3.05, 3.63) is 29.0 Å². The first-order valence-electron chi connectivity index (χ1n) is 6.78. The molecule has 0 aliphatic carbocycles. The quantitative estimate of drug-likeness (QED) is 0.855. The minimum absolute atomic E-state index is 0.671. The van der Waals surface area contributed by atoms with Crippen LogP contribution in [0.4, 0.5) is 5.95 Å². The van der Waals surface area contributed by atoms with Crippen molar-refractivity contribution in [3.8, 4) is 0 Å². The highest BCUT2D eigenvalue weighted by molar-refractivity contribution is 9.10. The molecule has 106 valence electrons. The molecule has 2 aromatic heterocycles. The second kappa shape index (κ2) is 5.87. The normalized spacial score (nSPS) is 16.6. The van der Waals surface area contributed by atoms with Gasteiger partial charge in [-0.3, -0.25) is 0 Å². The SMILES string of the molecule is Cn1cnnc1CC1CCN(c2ncc(Br)cn2)CC1. The van der Waals surface area contributed by atoms with Crippen LogP contribution in [0.5, 0.6) is 0 Å². The molecule has 0 aromatic carbocycles. The van der Waals surface area contributed by atoms with Gasteiger partial charge in [-0.05, 0) is 34.7 Å². The summed E-state index contributed by atoms with van der Waals surface area (Å²) in [6, 6.07) is 0. The molecule has 0 unspecified atom stereocenters. The van der Waals surface area contributed by atoms with Gasteiger partial charge in [0.25, 0.3) is 0 Å². The van der Waals surface area contributed by atoms with Crippen molar-refractivity contribution in [2.75, 3.05) is 18.0 Å². The van der Waals surface area contributed by atoms with E-state index in [9.17, 15) is 0 Å². The van der Waals surface area contributed by atoms with Crippen molar-refractivity contribution >= 4 is 21.9 Å². The molecule has 7 heteroatoms. The van der Waals surface area contributed by atoms with E-state index in [0.29, 0.717) is 5.92 Å². The van der Waals surface area contributed by atoms with Gasteiger partial charge in [-0.15, -0.1) is 10.2 Å². The summed E-state index contributed by atoms with van der Waals surface area (Å²) < 4.78 is 2.92. The molecule has 1 aliphatic rings. The highest BCUT2D eigenvalue weighted by Gasteiger charge is 2.22. The minimum Gasteiger partial charge on any atom is -0.341 e. The lowest BCUT2D eigenvalue weighted by atomic mass is 9.93. The van der Waals surface area contributed by atoms with E-state index in [1.54, 1.807) is 18.7 Å². The summed E-state index contributed by atoms with van der Waals surface area (Å²) in [5.41, 5.74) is 0. The first kappa shape index (κ1) is 13.5. The van der Waals surface area contributed by atoms with Gasteiger partial charge in [0.05, 0.1) is 4.47 Å². The van der Waals surface area contributed by atoms with Crippen molar-refractivity contribution in [1.82, 2.24) is 24.7 Å². The molecule has 0 spiro atoms. The van der Waals surface area contributed by atoms with Gasteiger partial charge in [0, 0.05) is 39.0 Å². The number of rotatable bonds is 3. The number of aromatic nitrogens is 5. The van der Waals surface area contributed by atoms with E-state index in [-0.39, 0.29) is 0 Å². The Morgan fingerprint density at radius 3 is 2.55 bits per heavy atom. The van der Waals surface area contributed by atoms with Crippen LogP contribution < -0.4 is 4.90 Å². The molecule has 0 N–H and O–H groups in total. The Hall–Kier alpha value is -1.50. The molecule has 3 heterocycles. The van der Waals surface area contributed by atoms with Crippen LogP contribution in [-0.2, 0) is 13.5 Å². The topological polar surface area (TPSA) is 59.7 Å². The zero-order chi connectivity index (χ0) is 13.9.